The maximum absolute atomic E-state index is 13.7. The molecule has 0 radical (unpaired) electrons. The highest BCUT2D eigenvalue weighted by molar-refractivity contribution is 14.1. The van der Waals surface area contributed by atoms with Gasteiger partial charge in [-0.15, -0.1) is 0 Å². The zero-order valence-corrected chi connectivity index (χ0v) is 24.3. The van der Waals surface area contributed by atoms with Gasteiger partial charge in [-0.1, -0.05) is 23.5 Å². The molecule has 35 heavy (non-hydrogen) atoms. The van der Waals surface area contributed by atoms with Gasteiger partial charge in [-0.2, -0.15) is 0 Å². The molecule has 1 aromatic heterocycles. The Morgan fingerprint density at radius 2 is 1.83 bits per heavy atom. The monoisotopic (exact) mass is 716 g/mol. The van der Waals surface area contributed by atoms with Crippen molar-refractivity contribution in [2.75, 3.05) is 13.2 Å². The van der Waals surface area contributed by atoms with Gasteiger partial charge in [0.1, 0.15) is 11.5 Å². The van der Waals surface area contributed by atoms with E-state index in [-0.39, 0.29) is 17.9 Å². The molecule has 0 bridgehead atoms. The number of phenolic OH excluding ortho intramolecular Hbond substituents is 1. The Morgan fingerprint density at radius 3 is 2.43 bits per heavy atom. The van der Waals surface area contributed by atoms with Crippen LogP contribution in [0.5, 0.6) is 11.5 Å². The Morgan fingerprint density at radius 1 is 1.17 bits per heavy atom. The first-order chi connectivity index (χ1) is 16.7. The van der Waals surface area contributed by atoms with E-state index in [0.717, 1.165) is 11.1 Å². The van der Waals surface area contributed by atoms with Crippen LogP contribution in [-0.2, 0) is 9.53 Å². The number of hydrogen-bond acceptors (Lipinski definition) is 7. The molecule has 1 atom stereocenters. The molecule has 0 spiro atoms. The molecule has 0 unspecified atom stereocenters. The lowest BCUT2D eigenvalue weighted by Gasteiger charge is -2.24. The second-order valence-electron chi connectivity index (χ2n) is 7.64. The predicted octanol–water partition coefficient (Wildman–Crippen LogP) is 4.11. The summed E-state index contributed by atoms with van der Waals surface area (Å²) in [6.07, 6.45) is 1.78. The van der Waals surface area contributed by atoms with Gasteiger partial charge in [-0.25, -0.2) is 9.79 Å². The molecule has 0 saturated carbocycles. The van der Waals surface area contributed by atoms with E-state index in [0.29, 0.717) is 40.1 Å². The minimum atomic E-state index is -0.678. The molecular formula is C25H22I2N2O5S. The van der Waals surface area contributed by atoms with E-state index in [9.17, 15) is 14.7 Å². The predicted molar refractivity (Wildman–Crippen MR) is 152 cm³/mol. The molecule has 1 aliphatic rings. The van der Waals surface area contributed by atoms with Gasteiger partial charge in [0.15, 0.2) is 4.80 Å². The Labute approximate surface area is 233 Å². The molecule has 0 aliphatic carbocycles. The van der Waals surface area contributed by atoms with Gasteiger partial charge in [-0.3, -0.25) is 9.36 Å². The molecule has 7 nitrogen and oxygen atoms in total. The number of fused-ring (bicyclic) bond motifs is 1. The molecule has 4 rings (SSSR count). The highest BCUT2D eigenvalue weighted by Crippen LogP contribution is 2.32. The van der Waals surface area contributed by atoms with Gasteiger partial charge in [-0.05, 0) is 107 Å². The van der Waals surface area contributed by atoms with Crippen molar-refractivity contribution in [3.05, 3.63) is 85.6 Å². The molecule has 0 amide bonds. The molecule has 1 N–H and O–H groups in total. The van der Waals surface area contributed by atoms with Gasteiger partial charge in [0.05, 0.1) is 42.2 Å². The number of carbonyl (C=O) groups is 1. The zero-order valence-electron chi connectivity index (χ0n) is 19.2. The number of phenols is 1. The third-order valence-electron chi connectivity index (χ3n) is 5.36. The Bertz CT molecular complexity index is 1480. The lowest BCUT2D eigenvalue weighted by molar-refractivity contribution is -0.139. The van der Waals surface area contributed by atoms with Crippen LogP contribution in [-0.4, -0.2) is 28.9 Å². The highest BCUT2D eigenvalue weighted by atomic mass is 127. The molecular weight excluding hydrogens is 694 g/mol. The molecule has 182 valence electrons. The number of nitrogens with zero attached hydrogens (tertiary/aromatic N) is 2. The summed E-state index contributed by atoms with van der Waals surface area (Å²) >= 11 is 5.39. The number of rotatable bonds is 6. The fourth-order valence-electron chi connectivity index (χ4n) is 3.84. The maximum Gasteiger partial charge on any atom is 0.338 e. The minimum absolute atomic E-state index is 0.216. The van der Waals surface area contributed by atoms with Crippen molar-refractivity contribution in [3.8, 4) is 11.5 Å². The quantitative estimate of drug-likeness (QED) is 0.307. The summed E-state index contributed by atoms with van der Waals surface area (Å²) < 4.78 is 14.3. The number of carbonyl (C=O) groups excluding carboxylic acids is 1. The van der Waals surface area contributed by atoms with Crippen LogP contribution in [0.25, 0.3) is 6.08 Å². The Balaban J connectivity index is 1.92. The SMILES string of the molecule is CCOC(=O)C1=C(C)N=c2sc(=Cc3cc(I)c(O)c(I)c3)c(=O)n2[C@H]1c1ccc(OCC)cc1. The van der Waals surface area contributed by atoms with Gasteiger partial charge in [0.25, 0.3) is 5.56 Å². The number of thiazole rings is 1. The molecule has 10 heteroatoms. The van der Waals surface area contributed by atoms with Gasteiger partial charge < -0.3 is 14.6 Å². The van der Waals surface area contributed by atoms with Gasteiger partial charge in [0, 0.05) is 0 Å². The van der Waals surface area contributed by atoms with E-state index in [4.69, 9.17) is 9.47 Å². The van der Waals surface area contributed by atoms with Crippen molar-refractivity contribution in [1.82, 2.24) is 4.57 Å². The largest absolute Gasteiger partial charge is 0.506 e. The van der Waals surface area contributed by atoms with Crippen molar-refractivity contribution in [2.45, 2.75) is 26.8 Å². The van der Waals surface area contributed by atoms with Crippen molar-refractivity contribution in [3.63, 3.8) is 0 Å². The number of esters is 1. The van der Waals surface area contributed by atoms with E-state index in [1.807, 2.05) is 43.3 Å². The third kappa shape index (κ3) is 5.19. The number of benzene rings is 2. The average Bonchev–Trinajstić information content (AvgIpc) is 3.11. The van der Waals surface area contributed by atoms with E-state index in [1.165, 1.54) is 11.3 Å². The number of hydrogen-bond donors (Lipinski definition) is 1. The molecule has 2 aromatic carbocycles. The number of ether oxygens (including phenoxy) is 2. The van der Waals surface area contributed by atoms with Crippen molar-refractivity contribution in [1.29, 1.82) is 0 Å². The number of halogens is 2. The summed E-state index contributed by atoms with van der Waals surface area (Å²) in [5.41, 5.74) is 2.15. The first kappa shape index (κ1) is 25.9. The van der Waals surface area contributed by atoms with Crippen molar-refractivity contribution in [2.24, 2.45) is 4.99 Å². The highest BCUT2D eigenvalue weighted by Gasteiger charge is 2.33. The first-order valence-electron chi connectivity index (χ1n) is 10.9. The van der Waals surface area contributed by atoms with E-state index >= 15 is 0 Å². The van der Waals surface area contributed by atoms with Crippen LogP contribution in [0.1, 0.15) is 37.9 Å². The van der Waals surface area contributed by atoms with E-state index < -0.39 is 12.0 Å². The van der Waals surface area contributed by atoms with Gasteiger partial charge in [0.2, 0.25) is 0 Å². The third-order valence-corrected chi connectivity index (χ3v) is 7.99. The zero-order chi connectivity index (χ0) is 25.3. The first-order valence-corrected chi connectivity index (χ1v) is 13.8. The lowest BCUT2D eigenvalue weighted by atomic mass is 9.96. The smallest absolute Gasteiger partial charge is 0.338 e. The topological polar surface area (TPSA) is 90.1 Å². The van der Waals surface area contributed by atoms with Crippen LogP contribution >= 0.6 is 56.5 Å². The van der Waals surface area contributed by atoms with Crippen LogP contribution in [0, 0.1) is 7.14 Å². The van der Waals surface area contributed by atoms with Crippen LogP contribution in [0.15, 0.2) is 57.5 Å². The number of allylic oxidation sites excluding steroid dienone is 1. The molecule has 3 aromatic rings. The average molecular weight is 716 g/mol. The Kier molecular flexibility index (Phi) is 8.01. The van der Waals surface area contributed by atoms with E-state index in [1.54, 1.807) is 24.5 Å². The van der Waals surface area contributed by atoms with E-state index in [2.05, 4.69) is 50.2 Å². The second-order valence-corrected chi connectivity index (χ2v) is 11.0. The summed E-state index contributed by atoms with van der Waals surface area (Å²) in [6, 6.07) is 10.3. The number of aromatic hydroxyl groups is 1. The summed E-state index contributed by atoms with van der Waals surface area (Å²) in [5.74, 6) is 0.429. The summed E-state index contributed by atoms with van der Waals surface area (Å²) in [4.78, 5) is 31.8. The van der Waals surface area contributed by atoms with Crippen LogP contribution in [0.4, 0.5) is 0 Å². The van der Waals surface area contributed by atoms with Crippen LogP contribution < -0.4 is 19.6 Å². The molecule has 0 fully saturated rings. The molecule has 1 aliphatic heterocycles. The number of aromatic nitrogens is 1. The standard InChI is InChI=1S/C25H22I2N2O5S/c1-4-33-16-8-6-15(7-9-16)21-20(24(32)34-5-2)13(3)28-25-29(21)23(31)19(35-25)12-14-10-17(26)22(30)18(27)11-14/h6-12,21,30H,4-5H2,1-3H3/t21-/m0/s1. The van der Waals surface area contributed by atoms with Gasteiger partial charge >= 0.3 is 5.97 Å². The summed E-state index contributed by atoms with van der Waals surface area (Å²) in [5, 5.41) is 10.1. The van der Waals surface area contributed by atoms with Crippen LogP contribution in [0.3, 0.4) is 0 Å². The van der Waals surface area contributed by atoms with Crippen molar-refractivity contribution < 1.29 is 19.4 Å². The molecule has 2 heterocycles. The summed E-state index contributed by atoms with van der Waals surface area (Å²) in [7, 11) is 0. The normalized spacial score (nSPS) is 15.6. The second kappa shape index (κ2) is 10.8. The maximum atomic E-state index is 13.7. The molecule has 0 saturated heterocycles. The Hall–Kier alpha value is -2.19. The fourth-order valence-corrected chi connectivity index (χ4v) is 6.70. The van der Waals surface area contributed by atoms with Crippen LogP contribution in [0.2, 0.25) is 0 Å². The lowest BCUT2D eigenvalue weighted by Crippen LogP contribution is -2.39. The minimum Gasteiger partial charge on any atom is -0.506 e. The fraction of sp³-hybridized carbons (Fsp3) is 0.240. The summed E-state index contributed by atoms with van der Waals surface area (Å²) in [6.45, 7) is 6.17. The van der Waals surface area contributed by atoms with Crippen molar-refractivity contribution >= 4 is 68.6 Å².